The third-order valence-electron chi connectivity index (χ3n) is 0.918. The van der Waals surface area contributed by atoms with E-state index in [0.717, 1.165) is 0 Å². The highest BCUT2D eigenvalue weighted by molar-refractivity contribution is 5.40. The summed E-state index contributed by atoms with van der Waals surface area (Å²) in [6, 6.07) is 1.20. The minimum absolute atomic E-state index is 0.440. The van der Waals surface area contributed by atoms with Crippen LogP contribution in [0.25, 0.3) is 6.08 Å². The Morgan fingerprint density at radius 1 is 1.89 bits per heavy atom. The van der Waals surface area contributed by atoms with Gasteiger partial charge in [0.1, 0.15) is 0 Å². The molecule has 48 valence electrons. The molecule has 1 aromatic rings. The van der Waals surface area contributed by atoms with E-state index in [1.807, 2.05) is 0 Å². The standard InChI is InChI=1S/C5H6FN3/c1-2-4-3-5(6)9(7)8-4/h2-3H,1,7H2. The molecule has 0 aliphatic carbocycles. The molecule has 4 heteroatoms. The predicted molar refractivity (Wildman–Crippen MR) is 32.4 cm³/mol. The van der Waals surface area contributed by atoms with Crippen LogP contribution in [0.15, 0.2) is 12.6 Å². The monoisotopic (exact) mass is 127 g/mol. The van der Waals surface area contributed by atoms with E-state index >= 15 is 0 Å². The summed E-state index contributed by atoms with van der Waals surface area (Å²) < 4.78 is 12.3. The van der Waals surface area contributed by atoms with E-state index in [1.165, 1.54) is 12.1 Å². The molecule has 1 heterocycles. The van der Waals surface area contributed by atoms with Crippen LogP contribution in [0.5, 0.6) is 0 Å². The molecule has 0 bridgehead atoms. The number of rotatable bonds is 1. The quantitative estimate of drug-likeness (QED) is 0.554. The lowest BCUT2D eigenvalue weighted by atomic mass is 10.4. The van der Waals surface area contributed by atoms with Gasteiger partial charge in [0.15, 0.2) is 0 Å². The van der Waals surface area contributed by atoms with E-state index in [0.29, 0.717) is 10.5 Å². The van der Waals surface area contributed by atoms with Crippen LogP contribution in [-0.4, -0.2) is 9.89 Å². The summed E-state index contributed by atoms with van der Waals surface area (Å²) in [5, 5.41) is 3.53. The minimum atomic E-state index is -0.565. The molecule has 0 aliphatic heterocycles. The SMILES string of the molecule is C=Cc1cc(F)n(N)n1. The van der Waals surface area contributed by atoms with E-state index in [1.54, 1.807) is 0 Å². The van der Waals surface area contributed by atoms with E-state index in [2.05, 4.69) is 11.7 Å². The normalized spacial score (nSPS) is 9.44. The van der Waals surface area contributed by atoms with Gasteiger partial charge >= 0.3 is 0 Å². The van der Waals surface area contributed by atoms with Crippen LogP contribution in [0, 0.1) is 5.95 Å². The number of hydrogen-bond donors (Lipinski definition) is 1. The maximum Gasteiger partial charge on any atom is 0.232 e. The van der Waals surface area contributed by atoms with Crippen molar-refractivity contribution in [2.45, 2.75) is 0 Å². The number of hydrogen-bond acceptors (Lipinski definition) is 2. The van der Waals surface area contributed by atoms with Crippen molar-refractivity contribution in [3.05, 3.63) is 24.3 Å². The number of nitrogens with two attached hydrogens (primary N) is 1. The summed E-state index contributed by atoms with van der Waals surface area (Å²) in [5.41, 5.74) is 0.440. The molecular weight excluding hydrogens is 121 g/mol. The van der Waals surface area contributed by atoms with E-state index in [9.17, 15) is 4.39 Å². The van der Waals surface area contributed by atoms with Gasteiger partial charge in [-0.25, -0.2) is 0 Å². The first-order valence-corrected chi connectivity index (χ1v) is 2.37. The van der Waals surface area contributed by atoms with Gasteiger partial charge in [0.05, 0.1) is 5.69 Å². The Morgan fingerprint density at radius 2 is 2.56 bits per heavy atom. The fourth-order valence-electron chi connectivity index (χ4n) is 0.489. The van der Waals surface area contributed by atoms with Crippen molar-refractivity contribution >= 4 is 6.08 Å². The highest BCUT2D eigenvalue weighted by Crippen LogP contribution is 1.98. The zero-order valence-electron chi connectivity index (χ0n) is 4.71. The molecule has 1 aromatic heterocycles. The Morgan fingerprint density at radius 3 is 2.78 bits per heavy atom. The molecule has 0 saturated heterocycles. The maximum absolute atomic E-state index is 12.3. The number of nitrogen functional groups attached to an aromatic ring is 1. The molecule has 3 nitrogen and oxygen atoms in total. The Kier molecular flexibility index (Phi) is 1.22. The molecular formula is C5H6FN3. The average molecular weight is 127 g/mol. The third-order valence-corrected chi connectivity index (χ3v) is 0.918. The van der Waals surface area contributed by atoms with Crippen molar-refractivity contribution in [3.63, 3.8) is 0 Å². The second kappa shape index (κ2) is 1.89. The van der Waals surface area contributed by atoms with Crippen molar-refractivity contribution in [2.24, 2.45) is 0 Å². The van der Waals surface area contributed by atoms with Crippen molar-refractivity contribution < 1.29 is 4.39 Å². The van der Waals surface area contributed by atoms with E-state index in [4.69, 9.17) is 5.84 Å². The summed E-state index contributed by atoms with van der Waals surface area (Å²) in [4.78, 5) is 0.664. The lowest BCUT2D eigenvalue weighted by Crippen LogP contribution is -2.12. The molecule has 0 saturated carbocycles. The van der Waals surface area contributed by atoms with E-state index in [-0.39, 0.29) is 0 Å². The van der Waals surface area contributed by atoms with Gasteiger partial charge in [-0.3, -0.25) is 0 Å². The first kappa shape index (κ1) is 5.81. The molecule has 0 spiro atoms. The highest BCUT2D eigenvalue weighted by atomic mass is 19.1. The van der Waals surface area contributed by atoms with Crippen LogP contribution in [0.3, 0.4) is 0 Å². The summed E-state index contributed by atoms with van der Waals surface area (Å²) in [6.45, 7) is 3.39. The molecule has 0 atom stereocenters. The van der Waals surface area contributed by atoms with Crippen molar-refractivity contribution in [3.8, 4) is 0 Å². The Hall–Kier alpha value is -1.32. The van der Waals surface area contributed by atoms with Crippen LogP contribution in [-0.2, 0) is 0 Å². The van der Waals surface area contributed by atoms with Gasteiger partial charge in [-0.15, -0.1) is 0 Å². The Bertz CT molecular complexity index is 209. The molecule has 0 unspecified atom stereocenters. The summed E-state index contributed by atoms with van der Waals surface area (Å²) in [6.07, 6.45) is 1.42. The lowest BCUT2D eigenvalue weighted by molar-refractivity contribution is 0.522. The zero-order valence-corrected chi connectivity index (χ0v) is 4.71. The first-order chi connectivity index (χ1) is 4.24. The average Bonchev–Trinajstić information content (AvgIpc) is 2.13. The minimum Gasteiger partial charge on any atom is -0.320 e. The molecule has 0 fully saturated rings. The highest BCUT2D eigenvalue weighted by Gasteiger charge is 1.98. The van der Waals surface area contributed by atoms with Gasteiger partial charge in [-0.1, -0.05) is 6.58 Å². The van der Waals surface area contributed by atoms with Gasteiger partial charge < -0.3 is 5.84 Å². The van der Waals surface area contributed by atoms with Crippen LogP contribution >= 0.6 is 0 Å². The first-order valence-electron chi connectivity index (χ1n) is 2.37. The molecule has 2 N–H and O–H groups in total. The lowest BCUT2D eigenvalue weighted by Gasteiger charge is -1.84. The molecule has 1 rings (SSSR count). The summed E-state index contributed by atoms with van der Waals surface area (Å²) >= 11 is 0. The predicted octanol–water partition coefficient (Wildman–Crippen LogP) is 0.379. The van der Waals surface area contributed by atoms with Crippen LogP contribution in [0.1, 0.15) is 5.69 Å². The summed E-state index contributed by atoms with van der Waals surface area (Å²) in [5.74, 6) is 4.43. The largest absolute Gasteiger partial charge is 0.320 e. The van der Waals surface area contributed by atoms with Gasteiger partial charge in [0.25, 0.3) is 0 Å². The van der Waals surface area contributed by atoms with Gasteiger partial charge in [0, 0.05) is 6.07 Å². The topological polar surface area (TPSA) is 43.8 Å². The third kappa shape index (κ3) is 0.910. The Balaban J connectivity index is 3.11. The van der Waals surface area contributed by atoms with Gasteiger partial charge in [-0.2, -0.15) is 14.3 Å². The van der Waals surface area contributed by atoms with Crippen molar-refractivity contribution in [2.75, 3.05) is 5.84 Å². The second-order valence-corrected chi connectivity index (χ2v) is 1.54. The zero-order chi connectivity index (χ0) is 6.85. The van der Waals surface area contributed by atoms with Crippen LogP contribution in [0.2, 0.25) is 0 Å². The number of nitrogens with zero attached hydrogens (tertiary/aromatic N) is 2. The van der Waals surface area contributed by atoms with Gasteiger partial charge in [0.2, 0.25) is 5.95 Å². The van der Waals surface area contributed by atoms with Crippen molar-refractivity contribution in [1.29, 1.82) is 0 Å². The van der Waals surface area contributed by atoms with Crippen molar-refractivity contribution in [1.82, 2.24) is 9.89 Å². The molecule has 0 radical (unpaired) electrons. The fourth-order valence-corrected chi connectivity index (χ4v) is 0.489. The maximum atomic E-state index is 12.3. The van der Waals surface area contributed by atoms with Crippen LogP contribution in [0.4, 0.5) is 4.39 Å². The molecule has 0 aromatic carbocycles. The van der Waals surface area contributed by atoms with Crippen LogP contribution < -0.4 is 5.84 Å². The smallest absolute Gasteiger partial charge is 0.232 e. The van der Waals surface area contributed by atoms with E-state index < -0.39 is 5.95 Å². The Labute approximate surface area is 51.6 Å². The fraction of sp³-hybridized carbons (Fsp3) is 0. The number of aromatic nitrogens is 2. The number of halogens is 1. The summed E-state index contributed by atoms with van der Waals surface area (Å²) in [7, 11) is 0. The molecule has 0 aliphatic rings. The van der Waals surface area contributed by atoms with Gasteiger partial charge in [-0.05, 0) is 6.08 Å². The molecule has 0 amide bonds. The second-order valence-electron chi connectivity index (χ2n) is 1.54. The molecule has 9 heavy (non-hydrogen) atoms.